The minimum absolute atomic E-state index is 0.00839. The highest BCUT2D eigenvalue weighted by Gasteiger charge is 2.16. The topological polar surface area (TPSA) is 52.4 Å². The van der Waals surface area contributed by atoms with Crippen molar-refractivity contribution in [3.63, 3.8) is 0 Å². The third-order valence-electron chi connectivity index (χ3n) is 3.39. The summed E-state index contributed by atoms with van der Waals surface area (Å²) in [5.41, 5.74) is 4.24. The fraction of sp³-hybridized carbons (Fsp3) is 0.250. The van der Waals surface area contributed by atoms with Gasteiger partial charge in [0.15, 0.2) is 5.75 Å². The molecule has 0 amide bonds. The highest BCUT2D eigenvalue weighted by Crippen LogP contribution is 2.30. The first-order valence-electron chi connectivity index (χ1n) is 6.54. The molecule has 0 aliphatic heterocycles. The van der Waals surface area contributed by atoms with Crippen LogP contribution in [0.5, 0.6) is 5.75 Å². The fourth-order valence-corrected chi connectivity index (χ4v) is 2.48. The van der Waals surface area contributed by atoms with Gasteiger partial charge in [0.1, 0.15) is 6.61 Å². The zero-order valence-corrected chi connectivity index (χ0v) is 13.5. The third-order valence-corrected chi connectivity index (χ3v) is 4.04. The maximum Gasteiger partial charge on any atom is 0.310 e. The van der Waals surface area contributed by atoms with Crippen LogP contribution in [0, 0.1) is 24.0 Å². The van der Waals surface area contributed by atoms with Crippen molar-refractivity contribution in [2.24, 2.45) is 0 Å². The average Bonchev–Trinajstić information content (AvgIpc) is 2.46. The summed E-state index contributed by atoms with van der Waals surface area (Å²) < 4.78 is 5.73. The third kappa shape index (κ3) is 3.61. The van der Waals surface area contributed by atoms with Gasteiger partial charge in [-0.05, 0) is 42.2 Å². The summed E-state index contributed by atoms with van der Waals surface area (Å²) in [6.07, 6.45) is 0. The Morgan fingerprint density at radius 2 is 1.86 bits per heavy atom. The molecule has 2 aromatic carbocycles. The van der Waals surface area contributed by atoms with E-state index in [0.29, 0.717) is 17.7 Å². The number of halogens is 1. The lowest BCUT2D eigenvalue weighted by Crippen LogP contribution is -2.03. The van der Waals surface area contributed by atoms with Crippen molar-refractivity contribution in [1.82, 2.24) is 0 Å². The predicted octanol–water partition coefficient (Wildman–Crippen LogP) is 4.69. The summed E-state index contributed by atoms with van der Waals surface area (Å²) in [6.45, 7) is 4.34. The van der Waals surface area contributed by atoms with Crippen molar-refractivity contribution >= 4 is 21.6 Å². The van der Waals surface area contributed by atoms with Crippen LogP contribution in [0.1, 0.15) is 22.3 Å². The van der Waals surface area contributed by atoms with E-state index in [2.05, 4.69) is 15.9 Å². The first-order chi connectivity index (χ1) is 10.0. The summed E-state index contributed by atoms with van der Waals surface area (Å²) in [5, 5.41) is 11.7. The molecule has 0 fully saturated rings. The molecule has 2 aromatic rings. The van der Waals surface area contributed by atoms with E-state index in [1.807, 2.05) is 32.0 Å². The van der Waals surface area contributed by atoms with Gasteiger partial charge in [-0.15, -0.1) is 0 Å². The maximum absolute atomic E-state index is 11.1. The fourth-order valence-electron chi connectivity index (χ4n) is 2.13. The second-order valence-electron chi connectivity index (χ2n) is 4.85. The predicted molar refractivity (Wildman–Crippen MR) is 86.0 cm³/mol. The Morgan fingerprint density at radius 3 is 2.43 bits per heavy atom. The van der Waals surface area contributed by atoms with Gasteiger partial charge < -0.3 is 4.74 Å². The molecule has 0 spiro atoms. The highest BCUT2D eigenvalue weighted by molar-refractivity contribution is 9.08. The molecule has 0 N–H and O–H groups in total. The van der Waals surface area contributed by atoms with E-state index >= 15 is 0 Å². The molecule has 0 unspecified atom stereocenters. The van der Waals surface area contributed by atoms with Gasteiger partial charge in [0.05, 0.1) is 4.92 Å². The molecule has 21 heavy (non-hydrogen) atoms. The number of hydrogen-bond donors (Lipinski definition) is 0. The molecule has 4 nitrogen and oxygen atoms in total. The van der Waals surface area contributed by atoms with Gasteiger partial charge >= 0.3 is 5.69 Å². The molecule has 0 atom stereocenters. The number of hydrogen-bond acceptors (Lipinski definition) is 3. The number of nitro benzene ring substituents is 1. The van der Waals surface area contributed by atoms with Crippen LogP contribution in [0.4, 0.5) is 5.69 Å². The Balaban J connectivity index is 2.28. The lowest BCUT2D eigenvalue weighted by molar-refractivity contribution is -0.386. The normalized spacial score (nSPS) is 10.4. The van der Waals surface area contributed by atoms with E-state index in [1.54, 1.807) is 12.1 Å². The van der Waals surface area contributed by atoms with Crippen LogP contribution in [0.25, 0.3) is 0 Å². The molecule has 110 valence electrons. The second kappa shape index (κ2) is 6.72. The summed E-state index contributed by atoms with van der Waals surface area (Å²) in [6, 6.07) is 10.9. The molecule has 0 radical (unpaired) electrons. The van der Waals surface area contributed by atoms with Gasteiger partial charge in [-0.2, -0.15) is 0 Å². The number of aryl methyl sites for hydroxylation is 2. The molecule has 0 aliphatic carbocycles. The molecule has 0 aliphatic rings. The number of ether oxygens (including phenoxy) is 1. The lowest BCUT2D eigenvalue weighted by Gasteiger charge is -2.12. The Hall–Kier alpha value is -1.88. The van der Waals surface area contributed by atoms with Crippen LogP contribution in [0.2, 0.25) is 0 Å². The molecule has 2 rings (SSSR count). The van der Waals surface area contributed by atoms with Crippen LogP contribution >= 0.6 is 15.9 Å². The molecule has 0 aromatic heterocycles. The number of nitrogens with zero attached hydrogens (tertiary/aromatic N) is 1. The summed E-state index contributed by atoms with van der Waals surface area (Å²) >= 11 is 3.35. The maximum atomic E-state index is 11.1. The molecule has 0 saturated heterocycles. The van der Waals surface area contributed by atoms with E-state index in [9.17, 15) is 10.1 Å². The standard InChI is InChI=1S/C16H16BrNO3/c1-11-4-3-5-12(2)14(11)10-21-16-8-13(9-17)6-7-15(16)18(19)20/h3-8H,9-10H2,1-2H3. The van der Waals surface area contributed by atoms with E-state index in [0.717, 1.165) is 22.3 Å². The Morgan fingerprint density at radius 1 is 1.19 bits per heavy atom. The molecular formula is C16H16BrNO3. The monoisotopic (exact) mass is 349 g/mol. The van der Waals surface area contributed by atoms with Gasteiger partial charge in [0, 0.05) is 11.4 Å². The minimum atomic E-state index is -0.419. The van der Waals surface area contributed by atoms with Crippen molar-refractivity contribution in [3.8, 4) is 5.75 Å². The summed E-state index contributed by atoms with van der Waals surface area (Å²) in [7, 11) is 0. The number of benzene rings is 2. The van der Waals surface area contributed by atoms with Crippen molar-refractivity contribution < 1.29 is 9.66 Å². The van der Waals surface area contributed by atoms with Gasteiger partial charge in [-0.1, -0.05) is 40.2 Å². The lowest BCUT2D eigenvalue weighted by atomic mass is 10.0. The first-order valence-corrected chi connectivity index (χ1v) is 7.66. The minimum Gasteiger partial charge on any atom is -0.482 e. The van der Waals surface area contributed by atoms with Crippen LogP contribution < -0.4 is 4.74 Å². The second-order valence-corrected chi connectivity index (χ2v) is 5.41. The zero-order chi connectivity index (χ0) is 15.4. The van der Waals surface area contributed by atoms with Gasteiger partial charge in [0.25, 0.3) is 0 Å². The Kier molecular flexibility index (Phi) is 4.96. The molecular weight excluding hydrogens is 334 g/mol. The molecule has 0 saturated carbocycles. The van der Waals surface area contributed by atoms with Crippen LogP contribution in [0.15, 0.2) is 36.4 Å². The summed E-state index contributed by atoms with van der Waals surface area (Å²) in [5.74, 6) is 0.305. The van der Waals surface area contributed by atoms with Crippen molar-refractivity contribution in [2.45, 2.75) is 25.8 Å². The Labute approximate surface area is 132 Å². The van der Waals surface area contributed by atoms with E-state index in [-0.39, 0.29) is 5.69 Å². The SMILES string of the molecule is Cc1cccc(C)c1COc1cc(CBr)ccc1[N+](=O)[O-]. The van der Waals surface area contributed by atoms with Crippen LogP contribution in [-0.2, 0) is 11.9 Å². The van der Waals surface area contributed by atoms with Gasteiger partial charge in [0.2, 0.25) is 0 Å². The van der Waals surface area contributed by atoms with Gasteiger partial charge in [-0.25, -0.2) is 0 Å². The molecule has 0 bridgehead atoms. The largest absolute Gasteiger partial charge is 0.482 e. The molecule has 5 heteroatoms. The quantitative estimate of drug-likeness (QED) is 0.447. The first kappa shape index (κ1) is 15.5. The molecule has 0 heterocycles. The van der Waals surface area contributed by atoms with E-state index < -0.39 is 4.92 Å². The number of rotatable bonds is 5. The number of alkyl halides is 1. The summed E-state index contributed by atoms with van der Waals surface area (Å²) in [4.78, 5) is 10.7. The van der Waals surface area contributed by atoms with Gasteiger partial charge in [-0.3, -0.25) is 10.1 Å². The van der Waals surface area contributed by atoms with Crippen molar-refractivity contribution in [2.75, 3.05) is 0 Å². The van der Waals surface area contributed by atoms with Crippen LogP contribution in [-0.4, -0.2) is 4.92 Å². The smallest absolute Gasteiger partial charge is 0.310 e. The van der Waals surface area contributed by atoms with Crippen molar-refractivity contribution in [1.29, 1.82) is 0 Å². The highest BCUT2D eigenvalue weighted by atomic mass is 79.9. The van der Waals surface area contributed by atoms with Crippen molar-refractivity contribution in [3.05, 3.63) is 68.8 Å². The van der Waals surface area contributed by atoms with E-state index in [4.69, 9.17) is 4.74 Å². The average molecular weight is 350 g/mol. The van der Waals surface area contributed by atoms with E-state index in [1.165, 1.54) is 6.07 Å². The zero-order valence-electron chi connectivity index (χ0n) is 11.9. The Bertz CT molecular complexity index is 650. The van der Waals surface area contributed by atoms with Crippen LogP contribution in [0.3, 0.4) is 0 Å². The number of nitro groups is 1.